The van der Waals surface area contributed by atoms with Gasteiger partial charge >= 0.3 is 0 Å². The summed E-state index contributed by atoms with van der Waals surface area (Å²) in [6.07, 6.45) is -0.0514. The minimum absolute atomic E-state index is 0.0586. The zero-order valence-corrected chi connectivity index (χ0v) is 9.86. The quantitative estimate of drug-likeness (QED) is 0.804. The predicted molar refractivity (Wildman–Crippen MR) is 63.5 cm³/mol. The van der Waals surface area contributed by atoms with Crippen LogP contribution in [0.3, 0.4) is 0 Å². The van der Waals surface area contributed by atoms with Crippen molar-refractivity contribution in [2.45, 2.75) is 26.4 Å². The second-order valence-electron chi connectivity index (χ2n) is 4.54. The highest BCUT2D eigenvalue weighted by Gasteiger charge is 2.21. The van der Waals surface area contributed by atoms with Gasteiger partial charge in [-0.25, -0.2) is 4.39 Å². The van der Waals surface area contributed by atoms with E-state index in [4.69, 9.17) is 5.73 Å². The molecule has 0 radical (unpaired) electrons. The van der Waals surface area contributed by atoms with Crippen molar-refractivity contribution < 1.29 is 9.50 Å². The first-order chi connectivity index (χ1) is 7.54. The van der Waals surface area contributed by atoms with Crippen LogP contribution in [0.15, 0.2) is 24.3 Å². The first kappa shape index (κ1) is 13.1. The largest absolute Gasteiger partial charge is 0.392 e. The summed E-state index contributed by atoms with van der Waals surface area (Å²) in [6, 6.07) is 6.33. The summed E-state index contributed by atoms with van der Waals surface area (Å²) in [5.74, 6) is 0.121. The van der Waals surface area contributed by atoms with Gasteiger partial charge in [0, 0.05) is 0 Å². The normalized spacial score (nSPS) is 15.1. The molecule has 3 heteroatoms. The molecule has 16 heavy (non-hydrogen) atoms. The maximum absolute atomic E-state index is 13.0. The fourth-order valence-corrected chi connectivity index (χ4v) is 1.93. The molecule has 2 nitrogen and oxygen atoms in total. The van der Waals surface area contributed by atoms with Crippen LogP contribution >= 0.6 is 0 Å². The number of aliphatic hydroxyl groups excluding tert-OH is 1. The van der Waals surface area contributed by atoms with Gasteiger partial charge in [-0.3, -0.25) is 0 Å². The van der Waals surface area contributed by atoms with Gasteiger partial charge in [-0.2, -0.15) is 0 Å². The van der Waals surface area contributed by atoms with Crippen molar-refractivity contribution in [3.05, 3.63) is 35.6 Å². The molecule has 0 aromatic heterocycles. The van der Waals surface area contributed by atoms with Gasteiger partial charge in [0.1, 0.15) is 5.82 Å². The highest BCUT2D eigenvalue weighted by molar-refractivity contribution is 5.17. The Morgan fingerprint density at radius 1 is 1.38 bits per heavy atom. The Hall–Kier alpha value is -0.930. The molecule has 1 aromatic carbocycles. The fraction of sp³-hybridized carbons (Fsp3) is 0.538. The van der Waals surface area contributed by atoms with Crippen molar-refractivity contribution in [1.82, 2.24) is 0 Å². The lowest BCUT2D eigenvalue weighted by Crippen LogP contribution is -2.33. The van der Waals surface area contributed by atoms with Gasteiger partial charge in [-0.1, -0.05) is 26.0 Å². The standard InChI is InChI=1S/C13H20FNO/c1-9(2)12(8-15)13(16)7-10-4-3-5-11(14)6-10/h3-6,9,12-13,16H,7-8,15H2,1-2H3. The van der Waals surface area contributed by atoms with Crippen LogP contribution < -0.4 is 5.73 Å². The van der Waals surface area contributed by atoms with Gasteiger partial charge in [-0.05, 0) is 42.5 Å². The SMILES string of the molecule is CC(C)C(CN)C(O)Cc1cccc(F)c1. The van der Waals surface area contributed by atoms with Crippen molar-refractivity contribution in [3.8, 4) is 0 Å². The molecule has 0 fully saturated rings. The monoisotopic (exact) mass is 225 g/mol. The molecule has 2 unspecified atom stereocenters. The van der Waals surface area contributed by atoms with Crippen molar-refractivity contribution in [1.29, 1.82) is 0 Å². The molecule has 90 valence electrons. The molecule has 0 spiro atoms. The molecule has 0 amide bonds. The van der Waals surface area contributed by atoms with Gasteiger partial charge in [-0.15, -0.1) is 0 Å². The molecule has 0 saturated carbocycles. The van der Waals surface area contributed by atoms with E-state index in [2.05, 4.69) is 0 Å². The zero-order valence-electron chi connectivity index (χ0n) is 9.86. The molecule has 0 saturated heterocycles. The highest BCUT2D eigenvalue weighted by atomic mass is 19.1. The fourth-order valence-electron chi connectivity index (χ4n) is 1.93. The van der Waals surface area contributed by atoms with E-state index in [1.165, 1.54) is 12.1 Å². The van der Waals surface area contributed by atoms with Crippen molar-refractivity contribution in [3.63, 3.8) is 0 Å². The summed E-state index contributed by atoms with van der Waals surface area (Å²) in [5, 5.41) is 10.0. The van der Waals surface area contributed by atoms with Crippen molar-refractivity contribution in [2.75, 3.05) is 6.54 Å². The average molecular weight is 225 g/mol. The van der Waals surface area contributed by atoms with Crippen LogP contribution in [0.4, 0.5) is 4.39 Å². The summed E-state index contributed by atoms with van der Waals surface area (Å²) < 4.78 is 13.0. The van der Waals surface area contributed by atoms with Crippen LogP contribution in [0.2, 0.25) is 0 Å². The number of halogens is 1. The van der Waals surface area contributed by atoms with Gasteiger partial charge in [0.25, 0.3) is 0 Å². The predicted octanol–water partition coefficient (Wildman–Crippen LogP) is 1.96. The van der Waals surface area contributed by atoms with E-state index in [1.54, 1.807) is 6.07 Å². The molecule has 0 aliphatic rings. The molecule has 0 heterocycles. The number of hydrogen-bond donors (Lipinski definition) is 2. The van der Waals surface area contributed by atoms with Gasteiger partial charge < -0.3 is 10.8 Å². The molecule has 3 N–H and O–H groups in total. The van der Waals surface area contributed by atoms with Gasteiger partial charge in [0.15, 0.2) is 0 Å². The zero-order chi connectivity index (χ0) is 12.1. The second-order valence-corrected chi connectivity index (χ2v) is 4.54. The Morgan fingerprint density at radius 3 is 2.56 bits per heavy atom. The lowest BCUT2D eigenvalue weighted by molar-refractivity contribution is 0.0863. The van der Waals surface area contributed by atoms with Gasteiger partial charge in [0.2, 0.25) is 0 Å². The third kappa shape index (κ3) is 3.58. The van der Waals surface area contributed by atoms with Crippen LogP contribution in [0.25, 0.3) is 0 Å². The molecule has 0 aliphatic heterocycles. The molecule has 2 atom stereocenters. The van der Waals surface area contributed by atoms with E-state index in [-0.39, 0.29) is 11.7 Å². The lowest BCUT2D eigenvalue weighted by atomic mass is 9.87. The third-order valence-corrected chi connectivity index (χ3v) is 2.96. The number of hydrogen-bond acceptors (Lipinski definition) is 2. The van der Waals surface area contributed by atoms with Crippen LogP contribution in [-0.4, -0.2) is 17.8 Å². The minimum atomic E-state index is -0.508. The summed E-state index contributed by atoms with van der Waals surface area (Å²) >= 11 is 0. The molecule has 1 rings (SSSR count). The third-order valence-electron chi connectivity index (χ3n) is 2.96. The van der Waals surface area contributed by atoms with Crippen molar-refractivity contribution in [2.24, 2.45) is 17.6 Å². The summed E-state index contributed by atoms with van der Waals surface area (Å²) in [5.41, 5.74) is 6.44. The van der Waals surface area contributed by atoms with Crippen LogP contribution in [-0.2, 0) is 6.42 Å². The molecule has 0 aliphatic carbocycles. The van der Waals surface area contributed by atoms with Crippen LogP contribution in [0, 0.1) is 17.7 Å². The Balaban J connectivity index is 2.66. The summed E-state index contributed by atoms with van der Waals surface area (Å²) in [7, 11) is 0. The van der Waals surface area contributed by atoms with E-state index < -0.39 is 6.10 Å². The minimum Gasteiger partial charge on any atom is -0.392 e. The van der Waals surface area contributed by atoms with Crippen molar-refractivity contribution >= 4 is 0 Å². The maximum Gasteiger partial charge on any atom is 0.123 e. The molecular weight excluding hydrogens is 205 g/mol. The summed E-state index contributed by atoms with van der Waals surface area (Å²) in [4.78, 5) is 0. The topological polar surface area (TPSA) is 46.2 Å². The van der Waals surface area contributed by atoms with E-state index in [0.29, 0.717) is 18.9 Å². The first-order valence-electron chi connectivity index (χ1n) is 5.67. The number of aliphatic hydroxyl groups is 1. The number of rotatable bonds is 5. The summed E-state index contributed by atoms with van der Waals surface area (Å²) in [6.45, 7) is 4.52. The highest BCUT2D eigenvalue weighted by Crippen LogP contribution is 2.18. The smallest absolute Gasteiger partial charge is 0.123 e. The van der Waals surface area contributed by atoms with E-state index >= 15 is 0 Å². The maximum atomic E-state index is 13.0. The van der Waals surface area contributed by atoms with Gasteiger partial charge in [0.05, 0.1) is 6.10 Å². The van der Waals surface area contributed by atoms with E-state index in [1.807, 2.05) is 19.9 Å². The van der Waals surface area contributed by atoms with E-state index in [0.717, 1.165) is 5.56 Å². The van der Waals surface area contributed by atoms with Crippen LogP contribution in [0.5, 0.6) is 0 Å². The van der Waals surface area contributed by atoms with E-state index in [9.17, 15) is 9.50 Å². The molecular formula is C13H20FNO. The second kappa shape index (κ2) is 5.97. The average Bonchev–Trinajstić information content (AvgIpc) is 2.17. The first-order valence-corrected chi connectivity index (χ1v) is 5.67. The molecule has 1 aromatic rings. The number of nitrogens with two attached hydrogens (primary N) is 1. The Kier molecular flexibility index (Phi) is 4.90. The number of benzene rings is 1. The van der Waals surface area contributed by atoms with Crippen LogP contribution in [0.1, 0.15) is 19.4 Å². The molecule has 0 bridgehead atoms. The Bertz CT molecular complexity index is 327. The Labute approximate surface area is 96.3 Å². The lowest BCUT2D eigenvalue weighted by Gasteiger charge is -2.24. The Morgan fingerprint density at radius 2 is 2.06 bits per heavy atom.